The van der Waals surface area contributed by atoms with Crippen LogP contribution in [0, 0.1) is 10.1 Å². The first-order chi connectivity index (χ1) is 12.1. The fraction of sp³-hybridized carbons (Fsp3) is 0.100. The summed E-state index contributed by atoms with van der Waals surface area (Å²) in [6, 6.07) is 16.1. The van der Waals surface area contributed by atoms with Crippen LogP contribution in [-0.4, -0.2) is 15.1 Å². The van der Waals surface area contributed by atoms with Gasteiger partial charge in [0.2, 0.25) is 0 Å². The van der Waals surface area contributed by atoms with Crippen LogP contribution in [0.3, 0.4) is 0 Å². The molecule has 2 atom stereocenters. The van der Waals surface area contributed by atoms with Crippen molar-refractivity contribution in [3.05, 3.63) is 75.8 Å². The molecule has 0 spiro atoms. The summed E-state index contributed by atoms with van der Waals surface area (Å²) in [5.74, 6) is 0. The number of nitrogens with zero attached hydrogens (tertiary/aromatic N) is 1. The van der Waals surface area contributed by atoms with Crippen LogP contribution in [0.15, 0.2) is 54.6 Å². The van der Waals surface area contributed by atoms with Crippen LogP contribution in [0.1, 0.15) is 23.3 Å². The number of fused-ring (bicyclic) bond motifs is 3. The molecule has 4 aromatic carbocycles. The number of rotatable bonds is 1. The lowest BCUT2D eigenvalue weighted by molar-refractivity contribution is -0.383. The predicted molar refractivity (Wildman–Crippen MR) is 95.5 cm³/mol. The molecule has 25 heavy (non-hydrogen) atoms. The molecule has 122 valence electrons. The van der Waals surface area contributed by atoms with Gasteiger partial charge in [0.1, 0.15) is 12.2 Å². The molecule has 4 aromatic rings. The molecule has 5 rings (SSSR count). The second kappa shape index (κ2) is 4.75. The molecule has 0 radical (unpaired) electrons. The summed E-state index contributed by atoms with van der Waals surface area (Å²) < 4.78 is 0. The maximum absolute atomic E-state index is 11.6. The van der Waals surface area contributed by atoms with Crippen LogP contribution in [0.5, 0.6) is 0 Å². The smallest absolute Gasteiger partial charge is 0.277 e. The average Bonchev–Trinajstić information content (AvgIpc) is 2.64. The van der Waals surface area contributed by atoms with E-state index in [9.17, 15) is 20.3 Å². The summed E-state index contributed by atoms with van der Waals surface area (Å²) in [6.45, 7) is 0. The molecule has 5 nitrogen and oxygen atoms in total. The Morgan fingerprint density at radius 3 is 2.04 bits per heavy atom. The number of hydrogen-bond donors (Lipinski definition) is 2. The fourth-order valence-corrected chi connectivity index (χ4v) is 4.14. The summed E-state index contributed by atoms with van der Waals surface area (Å²) in [7, 11) is 0. The van der Waals surface area contributed by atoms with Gasteiger partial charge in [-0.1, -0.05) is 42.5 Å². The quantitative estimate of drug-likeness (QED) is 0.312. The van der Waals surface area contributed by atoms with Crippen LogP contribution >= 0.6 is 0 Å². The lowest BCUT2D eigenvalue weighted by Crippen LogP contribution is -2.15. The summed E-state index contributed by atoms with van der Waals surface area (Å²) in [5, 5.41) is 37.3. The Hall–Kier alpha value is -3.02. The number of aliphatic hydroxyl groups excluding tert-OH is 2. The first kappa shape index (κ1) is 14.3. The van der Waals surface area contributed by atoms with E-state index in [4.69, 9.17) is 0 Å². The number of hydrogen-bond acceptors (Lipinski definition) is 4. The van der Waals surface area contributed by atoms with Gasteiger partial charge in [-0.15, -0.1) is 0 Å². The van der Waals surface area contributed by atoms with Crippen LogP contribution in [-0.2, 0) is 0 Å². The molecule has 1 aliphatic carbocycles. The van der Waals surface area contributed by atoms with Gasteiger partial charge >= 0.3 is 0 Å². The van der Waals surface area contributed by atoms with Crippen LogP contribution in [0.25, 0.3) is 32.3 Å². The third-order valence-electron chi connectivity index (χ3n) is 5.18. The maximum atomic E-state index is 11.6. The highest BCUT2D eigenvalue weighted by Crippen LogP contribution is 2.49. The SMILES string of the molecule is O=[N+]([O-])c1ccc2c3c4c(cccc4c4ccccc4c13)[C@@H](O)[C@@H]2O. The molecule has 0 fully saturated rings. The number of nitro benzene ring substituents is 1. The Morgan fingerprint density at radius 1 is 0.720 bits per heavy atom. The maximum Gasteiger partial charge on any atom is 0.277 e. The van der Waals surface area contributed by atoms with Crippen molar-refractivity contribution in [3.8, 4) is 0 Å². The molecule has 0 saturated heterocycles. The zero-order chi connectivity index (χ0) is 17.3. The minimum absolute atomic E-state index is 0.00948. The molecule has 0 unspecified atom stereocenters. The second-order valence-corrected chi connectivity index (χ2v) is 6.39. The molecular weight excluding hydrogens is 318 g/mol. The molecule has 0 bridgehead atoms. The fourth-order valence-electron chi connectivity index (χ4n) is 4.14. The zero-order valence-electron chi connectivity index (χ0n) is 13.0. The minimum atomic E-state index is -1.11. The first-order valence-corrected chi connectivity index (χ1v) is 8.00. The molecule has 0 aliphatic heterocycles. The number of non-ortho nitro benzene ring substituents is 1. The Balaban J connectivity index is 2.22. The highest BCUT2D eigenvalue weighted by atomic mass is 16.6. The van der Waals surface area contributed by atoms with Crippen LogP contribution in [0.4, 0.5) is 5.69 Å². The van der Waals surface area contributed by atoms with E-state index in [1.807, 2.05) is 36.4 Å². The van der Waals surface area contributed by atoms with Crippen molar-refractivity contribution in [2.75, 3.05) is 0 Å². The molecule has 1 aliphatic rings. The van der Waals surface area contributed by atoms with E-state index < -0.39 is 17.1 Å². The largest absolute Gasteiger partial charge is 0.385 e. The lowest BCUT2D eigenvalue weighted by atomic mass is 9.80. The van der Waals surface area contributed by atoms with E-state index in [0.29, 0.717) is 21.9 Å². The summed E-state index contributed by atoms with van der Waals surface area (Å²) in [5.41, 5.74) is 1.14. The van der Waals surface area contributed by atoms with Gasteiger partial charge in [-0.25, -0.2) is 0 Å². The van der Waals surface area contributed by atoms with Crippen molar-refractivity contribution in [1.82, 2.24) is 0 Å². The predicted octanol–water partition coefficient (Wildman–Crippen LogP) is 4.13. The summed E-state index contributed by atoms with van der Waals surface area (Å²) >= 11 is 0. The molecular formula is C20H13NO4. The highest BCUT2D eigenvalue weighted by Gasteiger charge is 2.33. The molecule has 0 heterocycles. The van der Waals surface area contributed by atoms with E-state index in [0.717, 1.165) is 21.5 Å². The molecule has 5 heteroatoms. The summed E-state index contributed by atoms with van der Waals surface area (Å²) in [6.07, 6.45) is -2.16. The van der Waals surface area contributed by atoms with Gasteiger partial charge in [-0.3, -0.25) is 10.1 Å². The Labute approximate surface area is 141 Å². The summed E-state index contributed by atoms with van der Waals surface area (Å²) in [4.78, 5) is 11.3. The highest BCUT2D eigenvalue weighted by molar-refractivity contribution is 6.29. The number of benzene rings is 4. The Bertz CT molecular complexity index is 1210. The van der Waals surface area contributed by atoms with Crippen molar-refractivity contribution in [1.29, 1.82) is 0 Å². The Morgan fingerprint density at radius 2 is 1.32 bits per heavy atom. The first-order valence-electron chi connectivity index (χ1n) is 8.00. The number of aliphatic hydroxyl groups is 2. The molecule has 0 amide bonds. The second-order valence-electron chi connectivity index (χ2n) is 6.39. The van der Waals surface area contributed by atoms with Gasteiger partial charge in [0.25, 0.3) is 5.69 Å². The van der Waals surface area contributed by atoms with Crippen molar-refractivity contribution in [2.24, 2.45) is 0 Å². The third-order valence-corrected chi connectivity index (χ3v) is 5.18. The van der Waals surface area contributed by atoms with E-state index in [2.05, 4.69) is 0 Å². The van der Waals surface area contributed by atoms with Gasteiger partial charge in [0, 0.05) is 11.5 Å². The van der Waals surface area contributed by atoms with Crippen molar-refractivity contribution in [3.63, 3.8) is 0 Å². The van der Waals surface area contributed by atoms with Crippen molar-refractivity contribution >= 4 is 38.0 Å². The van der Waals surface area contributed by atoms with Gasteiger partial charge in [-0.2, -0.15) is 0 Å². The Kier molecular flexibility index (Phi) is 2.72. The standard InChI is InChI=1S/C20H13NO4/c22-19-13-7-3-6-11-10-4-1-2-5-12(10)17-15(21(24)25)9-8-14(20(19)23)18(17)16(11)13/h1-9,19-20,22-23H/t19-,20-/m1/s1. The van der Waals surface area contributed by atoms with Crippen molar-refractivity contribution in [2.45, 2.75) is 12.2 Å². The van der Waals surface area contributed by atoms with Gasteiger partial charge in [-0.05, 0) is 38.7 Å². The van der Waals surface area contributed by atoms with Gasteiger partial charge < -0.3 is 10.2 Å². The van der Waals surface area contributed by atoms with Gasteiger partial charge in [0.15, 0.2) is 0 Å². The van der Waals surface area contributed by atoms with Gasteiger partial charge in [0.05, 0.1) is 10.3 Å². The monoisotopic (exact) mass is 331 g/mol. The number of nitro groups is 1. The van der Waals surface area contributed by atoms with Crippen LogP contribution < -0.4 is 0 Å². The molecule has 2 N–H and O–H groups in total. The molecule has 0 saturated carbocycles. The van der Waals surface area contributed by atoms with E-state index in [1.165, 1.54) is 6.07 Å². The van der Waals surface area contributed by atoms with E-state index in [-0.39, 0.29) is 5.69 Å². The lowest BCUT2D eigenvalue weighted by Gasteiger charge is -2.28. The van der Waals surface area contributed by atoms with E-state index in [1.54, 1.807) is 12.1 Å². The zero-order valence-corrected chi connectivity index (χ0v) is 13.0. The average molecular weight is 331 g/mol. The van der Waals surface area contributed by atoms with Crippen molar-refractivity contribution < 1.29 is 15.1 Å². The van der Waals surface area contributed by atoms with Crippen LogP contribution in [0.2, 0.25) is 0 Å². The normalized spacial score (nSPS) is 19.1. The minimum Gasteiger partial charge on any atom is -0.385 e. The third kappa shape index (κ3) is 1.68. The van der Waals surface area contributed by atoms with E-state index >= 15 is 0 Å². The molecule has 0 aromatic heterocycles. The topological polar surface area (TPSA) is 83.6 Å².